The largest absolute Gasteiger partial charge is 0.484 e. The van der Waals surface area contributed by atoms with Crippen LogP contribution >= 0.6 is 23.2 Å². The maximum absolute atomic E-state index is 13.9. The second-order valence-electron chi connectivity index (χ2n) is 12.3. The number of hydrogen-bond donors (Lipinski definition) is 1. The summed E-state index contributed by atoms with van der Waals surface area (Å²) in [6.45, 7) is 6.97. The molecule has 0 amide bonds. The Balaban J connectivity index is 1.36. The van der Waals surface area contributed by atoms with Gasteiger partial charge in [0.2, 0.25) is 0 Å². The van der Waals surface area contributed by atoms with Crippen molar-refractivity contribution in [2.24, 2.45) is 41.8 Å². The first-order chi connectivity index (χ1) is 23.4. The van der Waals surface area contributed by atoms with Crippen LogP contribution in [0.4, 0.5) is 20.3 Å². The van der Waals surface area contributed by atoms with Crippen LogP contribution in [0.2, 0.25) is 10.0 Å². The molecule has 2 fully saturated rings. The Hall–Kier alpha value is -4.39. The molecule has 3 heterocycles. The van der Waals surface area contributed by atoms with E-state index in [0.717, 1.165) is 52.6 Å². The molecule has 1 saturated heterocycles. The van der Waals surface area contributed by atoms with Crippen molar-refractivity contribution in [3.63, 3.8) is 0 Å². The molecular formula is C35H35Cl2F2N7O3. The van der Waals surface area contributed by atoms with Gasteiger partial charge in [0.05, 0.1) is 40.3 Å². The molecule has 2 atom stereocenters. The molecule has 0 bridgehead atoms. The highest BCUT2D eigenvalue weighted by Crippen LogP contribution is 2.51. The highest BCUT2D eigenvalue weighted by Gasteiger charge is 2.52. The van der Waals surface area contributed by atoms with Crippen LogP contribution in [0.3, 0.4) is 0 Å². The van der Waals surface area contributed by atoms with Crippen LogP contribution in [0.1, 0.15) is 31.5 Å². The van der Waals surface area contributed by atoms with Gasteiger partial charge in [-0.05, 0) is 29.9 Å². The molecule has 1 saturated carbocycles. The first kappa shape index (κ1) is 34.5. The first-order valence-electron chi connectivity index (χ1n) is 15.7. The van der Waals surface area contributed by atoms with Crippen molar-refractivity contribution in [2.75, 3.05) is 32.1 Å². The Morgan fingerprint density at radius 1 is 1.08 bits per heavy atom. The van der Waals surface area contributed by atoms with Gasteiger partial charge in [0.15, 0.2) is 5.90 Å². The van der Waals surface area contributed by atoms with E-state index in [1.165, 1.54) is 21.2 Å². The summed E-state index contributed by atoms with van der Waals surface area (Å²) >= 11 is 14.0. The van der Waals surface area contributed by atoms with Gasteiger partial charge in [-0.2, -0.15) is 0 Å². The highest BCUT2D eigenvalue weighted by molar-refractivity contribution is 6.39. The summed E-state index contributed by atoms with van der Waals surface area (Å²) in [6, 6.07) is 11.5. The minimum atomic E-state index is -2.96. The molecule has 256 valence electrons. The smallest absolute Gasteiger partial charge is 0.330 e. The molecule has 10 nitrogen and oxygen atoms in total. The third-order valence-corrected chi connectivity index (χ3v) is 10.2. The summed E-state index contributed by atoms with van der Waals surface area (Å²) in [7, 11) is 4.23. The van der Waals surface area contributed by atoms with Gasteiger partial charge in [-0.3, -0.25) is 23.8 Å². The molecule has 2 aromatic carbocycles. The van der Waals surface area contributed by atoms with Crippen LogP contribution in [0.5, 0.6) is 0 Å². The fourth-order valence-electron chi connectivity index (χ4n) is 6.43. The summed E-state index contributed by atoms with van der Waals surface area (Å²) in [6.07, 6.45) is 0.550. The van der Waals surface area contributed by atoms with E-state index < -0.39 is 23.4 Å². The maximum Gasteiger partial charge on any atom is 0.330 e. The number of aromatic nitrogens is 3. The van der Waals surface area contributed by atoms with Gasteiger partial charge in [-0.15, -0.1) is 0 Å². The topological polar surface area (TPSA) is 106 Å². The molecule has 6 rings (SSSR count). The Bertz CT molecular complexity index is 2150. The predicted molar refractivity (Wildman–Crippen MR) is 192 cm³/mol. The van der Waals surface area contributed by atoms with E-state index in [4.69, 9.17) is 27.9 Å². The second-order valence-corrected chi connectivity index (χ2v) is 13.1. The molecule has 49 heavy (non-hydrogen) atoms. The minimum Gasteiger partial charge on any atom is -0.484 e. The molecule has 4 aromatic rings. The highest BCUT2D eigenvalue weighted by atomic mass is 35.5. The van der Waals surface area contributed by atoms with E-state index >= 15 is 0 Å². The van der Waals surface area contributed by atoms with Gasteiger partial charge < -0.3 is 10.1 Å². The number of nitrogens with one attached hydrogen (secondary N) is 1. The molecule has 2 unspecified atom stereocenters. The summed E-state index contributed by atoms with van der Waals surface area (Å²) in [5.74, 6) is 2.67. The monoisotopic (exact) mass is 709 g/mol. The number of alkyl halides is 2. The third-order valence-electron chi connectivity index (χ3n) is 9.43. The fraction of sp³-hybridized carbons (Fsp3) is 0.343. The minimum absolute atomic E-state index is 0.00411. The first-order valence-corrected chi connectivity index (χ1v) is 16.4. The van der Waals surface area contributed by atoms with E-state index in [0.29, 0.717) is 33.3 Å². The van der Waals surface area contributed by atoms with Crippen molar-refractivity contribution in [1.82, 2.24) is 19.0 Å². The zero-order valence-electron chi connectivity index (χ0n) is 27.5. The zero-order valence-corrected chi connectivity index (χ0v) is 29.1. The lowest BCUT2D eigenvalue weighted by atomic mass is 10.0. The lowest BCUT2D eigenvalue weighted by molar-refractivity contribution is 0.146. The van der Waals surface area contributed by atoms with Gasteiger partial charge in [-0.25, -0.2) is 23.6 Å². The van der Waals surface area contributed by atoms with Crippen LogP contribution in [0.15, 0.2) is 68.2 Å². The number of benzene rings is 2. The van der Waals surface area contributed by atoms with Crippen molar-refractivity contribution in [2.45, 2.75) is 20.3 Å². The molecule has 0 spiro atoms. The van der Waals surface area contributed by atoms with Crippen molar-refractivity contribution in [3.05, 3.63) is 90.8 Å². The Kier molecular flexibility index (Phi) is 9.74. The van der Waals surface area contributed by atoms with Crippen molar-refractivity contribution >= 4 is 63.4 Å². The molecule has 0 radical (unpaired) electrons. The number of halogens is 4. The van der Waals surface area contributed by atoms with Gasteiger partial charge in [0, 0.05) is 63.6 Å². The van der Waals surface area contributed by atoms with Crippen LogP contribution in [-0.4, -0.2) is 57.9 Å². The molecule has 2 aliphatic rings. The van der Waals surface area contributed by atoms with Crippen molar-refractivity contribution in [1.29, 1.82) is 0 Å². The summed E-state index contributed by atoms with van der Waals surface area (Å²) in [5.41, 5.74) is 0.460. The SMILES string of the molecule is COC(C)=N/C(=C\N=CCN1CC2C(C)C2C1)c1cccc(-c2cccc(Nc3nc(C(F)F)cc4c3c(=O)n(C)c(=O)n4C)c2Cl)c1Cl. The van der Waals surface area contributed by atoms with E-state index in [1.807, 2.05) is 18.3 Å². The lowest BCUT2D eigenvalue weighted by Gasteiger charge is -2.17. The van der Waals surface area contributed by atoms with Gasteiger partial charge in [0.25, 0.3) is 12.0 Å². The van der Waals surface area contributed by atoms with Crippen molar-refractivity contribution < 1.29 is 13.5 Å². The van der Waals surface area contributed by atoms with Crippen LogP contribution < -0.4 is 16.6 Å². The average molecular weight is 711 g/mol. The molecule has 1 aliphatic heterocycles. The lowest BCUT2D eigenvalue weighted by Crippen LogP contribution is -2.37. The standard InChI is InChI=1S/C35H35Cl2F2N7O3/c1-18-23-16-46(17-24(18)23)13-12-40-15-27(41-19(2)49-5)22-10-6-8-20(30(22)36)21-9-7-11-25(31(21)37)42-33-29-28(14-26(43-33)32(38)39)44(3)35(48)45(4)34(29)47/h6-12,14-15,18,23-24,32H,13,16-17H2,1-5H3,(H,42,43)/b27-15-,40-12?,41-19?. The number of hydrogen-bond acceptors (Lipinski definition) is 8. The third kappa shape index (κ3) is 6.64. The van der Waals surface area contributed by atoms with Crippen LogP contribution in [-0.2, 0) is 18.8 Å². The number of anilines is 2. The molecule has 2 aromatic heterocycles. The van der Waals surface area contributed by atoms with Crippen molar-refractivity contribution in [3.8, 4) is 11.1 Å². The number of aryl methyl sites for hydroxylation is 1. The van der Waals surface area contributed by atoms with E-state index in [2.05, 4.69) is 32.1 Å². The fourth-order valence-corrected chi connectivity index (χ4v) is 7.03. The number of rotatable bonds is 9. The number of piperidine rings is 1. The number of nitrogens with zero attached hydrogens (tertiary/aromatic N) is 6. The number of fused-ring (bicyclic) bond motifs is 2. The number of pyridine rings is 1. The molecule has 14 heteroatoms. The molecule has 1 N–H and O–H groups in total. The summed E-state index contributed by atoms with van der Waals surface area (Å²) in [4.78, 5) is 41.4. The molecular weight excluding hydrogens is 675 g/mol. The quantitative estimate of drug-likeness (QED) is 0.149. The Morgan fingerprint density at radius 2 is 1.76 bits per heavy atom. The summed E-state index contributed by atoms with van der Waals surface area (Å²) < 4.78 is 35.1. The number of methoxy groups -OCH3 is 1. The van der Waals surface area contributed by atoms with Crippen LogP contribution in [0.25, 0.3) is 27.7 Å². The summed E-state index contributed by atoms with van der Waals surface area (Å²) in [5, 5.41) is 3.46. The Morgan fingerprint density at radius 3 is 2.43 bits per heavy atom. The number of ether oxygens (including phenoxy) is 1. The normalized spacial score (nSPS) is 19.7. The van der Waals surface area contributed by atoms with E-state index in [1.54, 1.807) is 37.4 Å². The number of aliphatic imine (C=N–C) groups is 2. The predicted octanol–water partition coefficient (Wildman–Crippen LogP) is 6.92. The van der Waals surface area contributed by atoms with Crippen LogP contribution in [0, 0.1) is 17.8 Å². The molecule has 1 aliphatic carbocycles. The second kappa shape index (κ2) is 13.9. The zero-order chi connectivity index (χ0) is 35.1. The Labute approximate surface area is 291 Å². The van der Waals surface area contributed by atoms with Gasteiger partial charge in [0.1, 0.15) is 16.9 Å². The van der Waals surface area contributed by atoms with Gasteiger partial charge >= 0.3 is 5.69 Å². The van der Waals surface area contributed by atoms with E-state index in [-0.39, 0.29) is 27.4 Å². The number of likely N-dealkylation sites (tertiary alicyclic amines) is 1. The average Bonchev–Trinajstić information content (AvgIpc) is 3.45. The maximum atomic E-state index is 13.9. The van der Waals surface area contributed by atoms with E-state index in [9.17, 15) is 18.4 Å². The van der Waals surface area contributed by atoms with Gasteiger partial charge in [-0.1, -0.05) is 60.5 Å².